The molecule has 2 aromatic carbocycles. The van der Waals surface area contributed by atoms with Crippen LogP contribution in [-0.4, -0.2) is 14.3 Å². The summed E-state index contributed by atoms with van der Waals surface area (Å²) < 4.78 is 26.3. The van der Waals surface area contributed by atoms with Crippen LogP contribution in [-0.2, 0) is 21.2 Å². The van der Waals surface area contributed by atoms with Gasteiger partial charge in [0.15, 0.2) is 0 Å². The Kier molecular flexibility index (Phi) is 4.66. The van der Waals surface area contributed by atoms with Crippen molar-refractivity contribution in [3.8, 4) is 0 Å². The minimum atomic E-state index is -3.91. The zero-order valence-corrected chi connectivity index (χ0v) is 13.7. The van der Waals surface area contributed by atoms with Crippen molar-refractivity contribution in [2.24, 2.45) is 0 Å². The highest BCUT2D eigenvalue weighted by atomic mass is 32.2. The number of amides is 1. The maximum absolute atomic E-state index is 12.7. The Bertz CT molecular complexity index is 763. The predicted octanol–water partition coefficient (Wildman–Crippen LogP) is 3.30. The number of anilines is 1. The van der Waals surface area contributed by atoms with E-state index in [2.05, 4.69) is 0 Å². The minimum Gasteiger partial charge on any atom is -0.274 e. The number of sulfonamides is 1. The standard InChI is InChI=1S/C17H19NO3S/c1-4-15-7-9-16(10-8-15)18(14(3)19)22(20,21)17-11-5-13(2)6-12-17/h5-12H,4H2,1-3H3. The van der Waals surface area contributed by atoms with Gasteiger partial charge in [0.25, 0.3) is 10.0 Å². The van der Waals surface area contributed by atoms with E-state index in [0.29, 0.717) is 5.69 Å². The average molecular weight is 317 g/mol. The minimum absolute atomic E-state index is 0.105. The smallest absolute Gasteiger partial charge is 0.270 e. The molecule has 0 heterocycles. The van der Waals surface area contributed by atoms with Crippen LogP contribution in [0, 0.1) is 6.92 Å². The van der Waals surface area contributed by atoms with Crippen LogP contribution in [0.3, 0.4) is 0 Å². The molecule has 0 atom stereocenters. The quantitative estimate of drug-likeness (QED) is 0.869. The van der Waals surface area contributed by atoms with Gasteiger partial charge in [-0.15, -0.1) is 0 Å². The molecule has 0 radical (unpaired) electrons. The van der Waals surface area contributed by atoms with Gasteiger partial charge in [0.1, 0.15) is 0 Å². The van der Waals surface area contributed by atoms with Crippen LogP contribution in [0.5, 0.6) is 0 Å². The van der Waals surface area contributed by atoms with E-state index in [1.807, 2.05) is 26.0 Å². The first-order chi connectivity index (χ1) is 10.4. The maximum Gasteiger partial charge on any atom is 0.270 e. The SMILES string of the molecule is CCc1ccc(N(C(C)=O)S(=O)(=O)c2ccc(C)cc2)cc1. The summed E-state index contributed by atoms with van der Waals surface area (Å²) in [6.45, 7) is 5.14. The van der Waals surface area contributed by atoms with Gasteiger partial charge in [0, 0.05) is 6.92 Å². The zero-order valence-electron chi connectivity index (χ0n) is 12.9. The molecule has 0 aromatic heterocycles. The Balaban J connectivity index is 2.50. The van der Waals surface area contributed by atoms with Gasteiger partial charge in [-0.25, -0.2) is 12.7 Å². The maximum atomic E-state index is 12.7. The molecule has 0 unspecified atom stereocenters. The van der Waals surface area contributed by atoms with Gasteiger partial charge in [-0.3, -0.25) is 4.79 Å². The molecule has 0 N–H and O–H groups in total. The Morgan fingerprint density at radius 1 is 1.00 bits per heavy atom. The van der Waals surface area contributed by atoms with E-state index in [4.69, 9.17) is 0 Å². The fourth-order valence-electron chi connectivity index (χ4n) is 2.17. The molecule has 0 spiro atoms. The monoisotopic (exact) mass is 317 g/mol. The Morgan fingerprint density at radius 2 is 1.55 bits per heavy atom. The summed E-state index contributed by atoms with van der Waals surface area (Å²) in [5, 5.41) is 0. The van der Waals surface area contributed by atoms with Crippen molar-refractivity contribution in [3.05, 3.63) is 59.7 Å². The Morgan fingerprint density at radius 3 is 2.00 bits per heavy atom. The topological polar surface area (TPSA) is 54.5 Å². The van der Waals surface area contributed by atoms with Gasteiger partial charge in [-0.1, -0.05) is 36.8 Å². The third kappa shape index (κ3) is 3.20. The van der Waals surface area contributed by atoms with Gasteiger partial charge in [-0.05, 0) is 43.2 Å². The molecular weight excluding hydrogens is 298 g/mol. The van der Waals surface area contributed by atoms with Gasteiger partial charge in [0.05, 0.1) is 10.6 Å². The lowest BCUT2D eigenvalue weighted by Crippen LogP contribution is -2.35. The molecule has 4 nitrogen and oxygen atoms in total. The van der Waals surface area contributed by atoms with Crippen molar-refractivity contribution >= 4 is 21.6 Å². The van der Waals surface area contributed by atoms with Crippen molar-refractivity contribution in [2.75, 3.05) is 4.31 Å². The number of benzene rings is 2. The van der Waals surface area contributed by atoms with E-state index >= 15 is 0 Å². The molecule has 116 valence electrons. The van der Waals surface area contributed by atoms with Gasteiger partial charge in [0.2, 0.25) is 5.91 Å². The number of aryl methyl sites for hydroxylation is 2. The fourth-order valence-corrected chi connectivity index (χ4v) is 3.60. The van der Waals surface area contributed by atoms with E-state index in [0.717, 1.165) is 21.9 Å². The summed E-state index contributed by atoms with van der Waals surface area (Å²) in [6, 6.07) is 13.4. The second kappa shape index (κ2) is 6.32. The third-order valence-corrected chi connectivity index (χ3v) is 5.24. The molecule has 0 aliphatic heterocycles. The second-order valence-corrected chi connectivity index (χ2v) is 6.91. The molecular formula is C17H19NO3S. The van der Waals surface area contributed by atoms with Crippen LogP contribution >= 0.6 is 0 Å². The number of rotatable bonds is 4. The highest BCUT2D eigenvalue weighted by Gasteiger charge is 2.28. The first-order valence-electron chi connectivity index (χ1n) is 7.07. The lowest BCUT2D eigenvalue weighted by Gasteiger charge is -2.21. The molecule has 0 fully saturated rings. The van der Waals surface area contributed by atoms with Gasteiger partial charge >= 0.3 is 0 Å². The van der Waals surface area contributed by atoms with Crippen LogP contribution in [0.25, 0.3) is 0 Å². The van der Waals surface area contributed by atoms with E-state index in [-0.39, 0.29) is 4.90 Å². The zero-order chi connectivity index (χ0) is 16.3. The van der Waals surface area contributed by atoms with E-state index in [9.17, 15) is 13.2 Å². The number of carbonyl (C=O) groups is 1. The number of nitrogens with zero attached hydrogens (tertiary/aromatic N) is 1. The van der Waals surface area contributed by atoms with Crippen LogP contribution in [0.4, 0.5) is 5.69 Å². The summed E-state index contributed by atoms with van der Waals surface area (Å²) in [4.78, 5) is 12.0. The van der Waals surface area contributed by atoms with E-state index in [1.54, 1.807) is 24.3 Å². The normalized spacial score (nSPS) is 11.2. The van der Waals surface area contributed by atoms with Crippen molar-refractivity contribution in [1.29, 1.82) is 0 Å². The molecule has 0 aliphatic rings. The average Bonchev–Trinajstić information content (AvgIpc) is 2.48. The van der Waals surface area contributed by atoms with Crippen molar-refractivity contribution < 1.29 is 13.2 Å². The van der Waals surface area contributed by atoms with Crippen LogP contribution in [0.15, 0.2) is 53.4 Å². The summed E-state index contributed by atoms with van der Waals surface area (Å²) in [7, 11) is -3.91. The van der Waals surface area contributed by atoms with Crippen LogP contribution in [0.2, 0.25) is 0 Å². The number of carbonyl (C=O) groups excluding carboxylic acids is 1. The van der Waals surface area contributed by atoms with Crippen molar-refractivity contribution in [2.45, 2.75) is 32.1 Å². The highest BCUT2D eigenvalue weighted by Crippen LogP contribution is 2.24. The first kappa shape index (κ1) is 16.2. The molecule has 2 aromatic rings. The molecule has 22 heavy (non-hydrogen) atoms. The van der Waals surface area contributed by atoms with Crippen LogP contribution in [0.1, 0.15) is 25.0 Å². The number of hydrogen-bond acceptors (Lipinski definition) is 3. The van der Waals surface area contributed by atoms with Gasteiger partial charge in [-0.2, -0.15) is 0 Å². The summed E-state index contributed by atoms with van der Waals surface area (Å²) in [6.07, 6.45) is 0.852. The number of hydrogen-bond donors (Lipinski definition) is 0. The van der Waals surface area contributed by atoms with Crippen LogP contribution < -0.4 is 4.31 Å². The molecule has 2 rings (SSSR count). The van der Waals surface area contributed by atoms with E-state index < -0.39 is 15.9 Å². The predicted molar refractivity (Wildman–Crippen MR) is 87.3 cm³/mol. The molecule has 0 bridgehead atoms. The summed E-state index contributed by atoms with van der Waals surface area (Å²) >= 11 is 0. The molecule has 0 saturated heterocycles. The lowest BCUT2D eigenvalue weighted by molar-refractivity contribution is -0.115. The summed E-state index contributed by atoms with van der Waals surface area (Å²) in [5.41, 5.74) is 2.39. The Labute approximate surface area is 131 Å². The first-order valence-corrected chi connectivity index (χ1v) is 8.51. The largest absolute Gasteiger partial charge is 0.274 e. The molecule has 0 saturated carbocycles. The Hall–Kier alpha value is -2.14. The fraction of sp³-hybridized carbons (Fsp3) is 0.235. The summed E-state index contributed by atoms with van der Waals surface area (Å²) in [5.74, 6) is -0.537. The van der Waals surface area contributed by atoms with Gasteiger partial charge < -0.3 is 0 Å². The molecule has 0 aliphatic carbocycles. The highest BCUT2D eigenvalue weighted by molar-refractivity contribution is 7.93. The second-order valence-electron chi connectivity index (χ2n) is 5.12. The van der Waals surface area contributed by atoms with Crippen molar-refractivity contribution in [3.63, 3.8) is 0 Å². The molecule has 1 amide bonds. The van der Waals surface area contributed by atoms with Crippen molar-refractivity contribution in [1.82, 2.24) is 0 Å². The molecule has 5 heteroatoms. The van der Waals surface area contributed by atoms with E-state index in [1.165, 1.54) is 19.1 Å². The lowest BCUT2D eigenvalue weighted by atomic mass is 10.1. The third-order valence-electron chi connectivity index (χ3n) is 3.42.